The monoisotopic (exact) mass is 318 g/mol. The van der Waals surface area contributed by atoms with E-state index in [-0.39, 0.29) is 0 Å². The highest BCUT2D eigenvalue weighted by Gasteiger charge is 2.08. The molecule has 4 nitrogen and oxygen atoms in total. The molecule has 3 rings (SSSR count). The molecule has 2 heterocycles. The molecule has 106 valence electrons. The summed E-state index contributed by atoms with van der Waals surface area (Å²) in [4.78, 5) is 4.42. The molecule has 0 bridgehead atoms. The predicted molar refractivity (Wildman–Crippen MR) is 85.3 cm³/mol. The van der Waals surface area contributed by atoms with Crippen LogP contribution < -0.4 is 0 Å². The lowest BCUT2D eigenvalue weighted by atomic mass is 10.2. The maximum atomic E-state index is 6.08. The van der Waals surface area contributed by atoms with Crippen LogP contribution in [0.1, 0.15) is 11.3 Å². The predicted octanol–water partition coefficient (Wildman–Crippen LogP) is 5.67. The summed E-state index contributed by atoms with van der Waals surface area (Å²) in [6.07, 6.45) is 1.77. The molecule has 0 spiro atoms. The van der Waals surface area contributed by atoms with Crippen molar-refractivity contribution in [1.82, 2.24) is 9.38 Å². The fourth-order valence-electron chi connectivity index (χ4n) is 1.99. The Hall–Kier alpha value is -1.91. The summed E-state index contributed by atoms with van der Waals surface area (Å²) in [6, 6.07) is 9.21. The molecule has 0 aliphatic rings. The standard InChI is InChI=1S/C15H12Cl2N4/c1-9-3-5-12(7-13(9)17)19-20-15-10(2)18-14-6-4-11(16)8-21(14)15/h3-8H,1-2H3. The molecule has 0 aliphatic carbocycles. The van der Waals surface area contributed by atoms with Crippen LogP contribution in [0.15, 0.2) is 46.8 Å². The second kappa shape index (κ2) is 5.47. The van der Waals surface area contributed by atoms with Crippen LogP contribution in [0, 0.1) is 13.8 Å². The van der Waals surface area contributed by atoms with Crippen LogP contribution >= 0.6 is 23.2 Å². The van der Waals surface area contributed by atoms with Crippen molar-refractivity contribution < 1.29 is 0 Å². The number of rotatable bonds is 2. The largest absolute Gasteiger partial charge is 0.281 e. The molecule has 0 saturated carbocycles. The highest BCUT2D eigenvalue weighted by molar-refractivity contribution is 6.31. The molecule has 0 fully saturated rings. The molecule has 0 atom stereocenters. The fourth-order valence-corrected chi connectivity index (χ4v) is 2.33. The number of hydrogen-bond acceptors (Lipinski definition) is 3. The number of imidazole rings is 1. The van der Waals surface area contributed by atoms with Crippen LogP contribution in [-0.2, 0) is 0 Å². The van der Waals surface area contributed by atoms with Crippen LogP contribution in [0.4, 0.5) is 11.5 Å². The van der Waals surface area contributed by atoms with Crippen LogP contribution in [0.3, 0.4) is 0 Å². The maximum absolute atomic E-state index is 6.08. The van der Waals surface area contributed by atoms with Crippen molar-refractivity contribution in [3.05, 3.63) is 57.8 Å². The van der Waals surface area contributed by atoms with E-state index in [9.17, 15) is 0 Å². The second-order valence-corrected chi connectivity index (χ2v) is 5.57. The maximum Gasteiger partial charge on any atom is 0.182 e. The van der Waals surface area contributed by atoms with Crippen LogP contribution in [-0.4, -0.2) is 9.38 Å². The van der Waals surface area contributed by atoms with Gasteiger partial charge in [0.25, 0.3) is 0 Å². The van der Waals surface area contributed by atoms with E-state index in [1.165, 1.54) is 0 Å². The quantitative estimate of drug-likeness (QED) is 0.561. The Morgan fingerprint density at radius 1 is 1.05 bits per heavy atom. The van der Waals surface area contributed by atoms with Gasteiger partial charge in [-0.1, -0.05) is 29.3 Å². The summed E-state index contributed by atoms with van der Waals surface area (Å²) in [6.45, 7) is 3.83. The van der Waals surface area contributed by atoms with E-state index < -0.39 is 0 Å². The summed E-state index contributed by atoms with van der Waals surface area (Å²) in [5.74, 6) is 0.657. The number of aryl methyl sites for hydroxylation is 2. The van der Waals surface area contributed by atoms with Crippen molar-refractivity contribution in [2.75, 3.05) is 0 Å². The first-order valence-corrected chi connectivity index (χ1v) is 7.12. The van der Waals surface area contributed by atoms with E-state index in [1.54, 1.807) is 18.3 Å². The van der Waals surface area contributed by atoms with Gasteiger partial charge in [-0.3, -0.25) is 4.40 Å². The van der Waals surface area contributed by atoms with E-state index >= 15 is 0 Å². The van der Waals surface area contributed by atoms with Crippen LogP contribution in [0.5, 0.6) is 0 Å². The number of fused-ring (bicyclic) bond motifs is 1. The first-order valence-electron chi connectivity index (χ1n) is 6.37. The Bertz CT molecular complexity index is 852. The molecule has 6 heteroatoms. The molecule has 0 radical (unpaired) electrons. The first-order chi connectivity index (χ1) is 10.0. The van der Waals surface area contributed by atoms with Gasteiger partial charge in [0.1, 0.15) is 5.65 Å². The van der Waals surface area contributed by atoms with Gasteiger partial charge in [0.2, 0.25) is 0 Å². The van der Waals surface area contributed by atoms with E-state index in [0.717, 1.165) is 16.9 Å². The van der Waals surface area contributed by atoms with E-state index in [0.29, 0.717) is 21.6 Å². The fraction of sp³-hybridized carbons (Fsp3) is 0.133. The van der Waals surface area contributed by atoms with Crippen LogP contribution in [0.2, 0.25) is 10.0 Å². The third-order valence-corrected chi connectivity index (χ3v) is 3.77. The van der Waals surface area contributed by atoms with Gasteiger partial charge in [-0.2, -0.15) is 0 Å². The third kappa shape index (κ3) is 2.77. The summed E-state index contributed by atoms with van der Waals surface area (Å²) < 4.78 is 1.82. The van der Waals surface area contributed by atoms with E-state index in [1.807, 2.05) is 36.4 Å². The molecule has 0 unspecified atom stereocenters. The van der Waals surface area contributed by atoms with Crippen molar-refractivity contribution in [3.8, 4) is 0 Å². The minimum Gasteiger partial charge on any atom is -0.281 e. The number of halogens is 2. The smallest absolute Gasteiger partial charge is 0.182 e. The molecule has 0 amide bonds. The number of pyridine rings is 1. The molecular weight excluding hydrogens is 307 g/mol. The van der Waals surface area contributed by atoms with Gasteiger partial charge >= 0.3 is 0 Å². The van der Waals surface area contributed by atoms with Crippen molar-refractivity contribution in [2.45, 2.75) is 13.8 Å². The Kier molecular flexibility index (Phi) is 3.66. The Morgan fingerprint density at radius 3 is 2.62 bits per heavy atom. The van der Waals surface area contributed by atoms with Gasteiger partial charge < -0.3 is 0 Å². The average molecular weight is 319 g/mol. The number of azo groups is 1. The van der Waals surface area contributed by atoms with Gasteiger partial charge in [0.05, 0.1) is 16.4 Å². The number of aromatic nitrogens is 2. The van der Waals surface area contributed by atoms with Gasteiger partial charge in [0.15, 0.2) is 5.82 Å². The minimum atomic E-state index is 0.620. The third-order valence-electron chi connectivity index (χ3n) is 3.14. The zero-order valence-electron chi connectivity index (χ0n) is 11.5. The zero-order chi connectivity index (χ0) is 15.0. The first kappa shape index (κ1) is 14.0. The topological polar surface area (TPSA) is 42.0 Å². The summed E-state index contributed by atoms with van der Waals surface area (Å²) in [5.41, 5.74) is 3.28. The number of nitrogens with zero attached hydrogens (tertiary/aromatic N) is 4. The summed E-state index contributed by atoms with van der Waals surface area (Å²) in [5, 5.41) is 9.80. The highest BCUT2D eigenvalue weighted by Crippen LogP contribution is 2.27. The SMILES string of the molecule is Cc1ccc(N=Nc2c(C)nc3ccc(Cl)cn23)cc1Cl. The second-order valence-electron chi connectivity index (χ2n) is 4.73. The lowest BCUT2D eigenvalue weighted by Gasteiger charge is -1.99. The molecule has 3 aromatic rings. The Morgan fingerprint density at radius 2 is 1.86 bits per heavy atom. The van der Waals surface area contributed by atoms with Crippen molar-refractivity contribution >= 4 is 40.4 Å². The minimum absolute atomic E-state index is 0.620. The molecule has 1 aromatic carbocycles. The molecular formula is C15H12Cl2N4. The van der Waals surface area contributed by atoms with Gasteiger partial charge in [-0.15, -0.1) is 10.2 Å². The Labute approximate surface area is 132 Å². The Balaban J connectivity index is 2.04. The summed E-state index contributed by atoms with van der Waals surface area (Å²) >= 11 is 12.1. The summed E-state index contributed by atoms with van der Waals surface area (Å²) in [7, 11) is 0. The van der Waals surface area contributed by atoms with E-state index in [4.69, 9.17) is 23.2 Å². The lowest BCUT2D eigenvalue weighted by Crippen LogP contribution is -1.82. The van der Waals surface area contributed by atoms with Gasteiger partial charge in [-0.25, -0.2) is 4.98 Å². The molecule has 21 heavy (non-hydrogen) atoms. The molecule has 2 aromatic heterocycles. The highest BCUT2D eigenvalue weighted by atomic mass is 35.5. The van der Waals surface area contributed by atoms with Crippen molar-refractivity contribution in [1.29, 1.82) is 0 Å². The molecule has 0 saturated heterocycles. The van der Waals surface area contributed by atoms with Gasteiger partial charge in [-0.05, 0) is 43.7 Å². The average Bonchev–Trinajstić information content (AvgIpc) is 2.75. The normalized spacial score (nSPS) is 11.6. The van der Waals surface area contributed by atoms with Gasteiger partial charge in [0, 0.05) is 11.2 Å². The molecule has 0 aliphatic heterocycles. The van der Waals surface area contributed by atoms with Crippen LogP contribution in [0.25, 0.3) is 5.65 Å². The number of hydrogen-bond donors (Lipinski definition) is 0. The number of benzene rings is 1. The van der Waals surface area contributed by atoms with E-state index in [2.05, 4.69) is 15.2 Å². The zero-order valence-corrected chi connectivity index (χ0v) is 13.0. The van der Waals surface area contributed by atoms with Crippen molar-refractivity contribution in [3.63, 3.8) is 0 Å². The molecule has 0 N–H and O–H groups in total. The lowest BCUT2D eigenvalue weighted by molar-refractivity contribution is 1.09. The van der Waals surface area contributed by atoms with Crippen molar-refractivity contribution in [2.24, 2.45) is 10.2 Å².